The van der Waals surface area contributed by atoms with E-state index in [9.17, 15) is 13.6 Å². The van der Waals surface area contributed by atoms with Gasteiger partial charge in [-0.1, -0.05) is 18.2 Å². The third-order valence-electron chi connectivity index (χ3n) is 4.41. The number of benzene rings is 2. The standard InChI is InChI=1S/C19H19F2NO/c20-17-6-4-14(5-7-17)12-15-8-10-22(11-9-15)19(23)16-2-1-3-18(21)13-16/h1-7,13,15H,8-12H2. The van der Waals surface area contributed by atoms with Gasteiger partial charge in [-0.25, -0.2) is 8.78 Å². The van der Waals surface area contributed by atoms with E-state index in [4.69, 9.17) is 0 Å². The van der Waals surface area contributed by atoms with E-state index in [1.807, 2.05) is 12.1 Å². The Labute approximate surface area is 134 Å². The molecule has 0 aliphatic carbocycles. The Hall–Kier alpha value is -2.23. The van der Waals surface area contributed by atoms with Crippen molar-refractivity contribution < 1.29 is 13.6 Å². The quantitative estimate of drug-likeness (QED) is 0.836. The van der Waals surface area contributed by atoms with Gasteiger partial charge in [0.1, 0.15) is 11.6 Å². The summed E-state index contributed by atoms with van der Waals surface area (Å²) in [5.74, 6) is -0.215. The summed E-state index contributed by atoms with van der Waals surface area (Å²) in [5, 5.41) is 0. The van der Waals surface area contributed by atoms with Crippen molar-refractivity contribution >= 4 is 5.91 Å². The van der Waals surface area contributed by atoms with E-state index in [0.717, 1.165) is 24.8 Å². The number of piperidine rings is 1. The summed E-state index contributed by atoms with van der Waals surface area (Å²) in [6.07, 6.45) is 2.74. The molecular formula is C19H19F2NO. The van der Waals surface area contributed by atoms with Crippen molar-refractivity contribution in [1.29, 1.82) is 0 Å². The van der Waals surface area contributed by atoms with E-state index in [0.29, 0.717) is 24.6 Å². The first-order chi connectivity index (χ1) is 11.1. The number of carbonyl (C=O) groups excluding carboxylic acids is 1. The Morgan fingerprint density at radius 2 is 1.70 bits per heavy atom. The van der Waals surface area contributed by atoms with Crippen LogP contribution in [0.4, 0.5) is 8.78 Å². The summed E-state index contributed by atoms with van der Waals surface area (Å²) < 4.78 is 26.2. The molecule has 1 saturated heterocycles. The van der Waals surface area contributed by atoms with Crippen molar-refractivity contribution in [1.82, 2.24) is 4.90 Å². The minimum absolute atomic E-state index is 0.107. The number of amides is 1. The van der Waals surface area contributed by atoms with Gasteiger partial charge in [-0.3, -0.25) is 4.79 Å². The second kappa shape index (κ2) is 6.90. The topological polar surface area (TPSA) is 20.3 Å². The van der Waals surface area contributed by atoms with Crippen molar-refractivity contribution in [3.63, 3.8) is 0 Å². The lowest BCUT2D eigenvalue weighted by molar-refractivity contribution is 0.0690. The smallest absolute Gasteiger partial charge is 0.253 e. The molecule has 3 rings (SSSR count). The van der Waals surface area contributed by atoms with E-state index in [1.165, 1.54) is 24.3 Å². The zero-order valence-electron chi connectivity index (χ0n) is 12.8. The molecule has 0 atom stereocenters. The molecule has 0 aromatic heterocycles. The molecule has 1 aliphatic heterocycles. The molecule has 2 aromatic carbocycles. The Morgan fingerprint density at radius 3 is 2.35 bits per heavy atom. The predicted molar refractivity (Wildman–Crippen MR) is 85.1 cm³/mol. The molecule has 1 amide bonds. The Kier molecular flexibility index (Phi) is 4.70. The lowest BCUT2D eigenvalue weighted by Crippen LogP contribution is -2.38. The molecule has 0 radical (unpaired) electrons. The summed E-state index contributed by atoms with van der Waals surface area (Å²) in [5.41, 5.74) is 1.53. The van der Waals surface area contributed by atoms with E-state index >= 15 is 0 Å². The lowest BCUT2D eigenvalue weighted by atomic mass is 9.90. The number of carbonyl (C=O) groups is 1. The number of nitrogens with zero attached hydrogens (tertiary/aromatic N) is 1. The molecule has 0 unspecified atom stereocenters. The second-order valence-corrected chi connectivity index (χ2v) is 6.08. The Bertz CT molecular complexity index is 676. The van der Waals surface area contributed by atoms with Gasteiger partial charge in [0.2, 0.25) is 0 Å². The highest BCUT2D eigenvalue weighted by molar-refractivity contribution is 5.94. The summed E-state index contributed by atoms with van der Waals surface area (Å²) in [6.45, 7) is 1.36. The van der Waals surface area contributed by atoms with Crippen LogP contribution in [0.5, 0.6) is 0 Å². The molecule has 23 heavy (non-hydrogen) atoms. The molecule has 0 saturated carbocycles. The van der Waals surface area contributed by atoms with Crippen LogP contribution in [-0.4, -0.2) is 23.9 Å². The maximum Gasteiger partial charge on any atom is 0.253 e. The molecule has 4 heteroatoms. The minimum atomic E-state index is -0.387. The SMILES string of the molecule is O=C(c1cccc(F)c1)N1CCC(Cc2ccc(F)cc2)CC1. The van der Waals surface area contributed by atoms with Crippen LogP contribution in [-0.2, 0) is 6.42 Å². The van der Waals surface area contributed by atoms with E-state index in [2.05, 4.69) is 0 Å². The highest BCUT2D eigenvalue weighted by Crippen LogP contribution is 2.23. The van der Waals surface area contributed by atoms with Gasteiger partial charge in [0, 0.05) is 18.7 Å². The molecule has 1 fully saturated rings. The van der Waals surface area contributed by atoms with E-state index < -0.39 is 0 Å². The van der Waals surface area contributed by atoms with Gasteiger partial charge >= 0.3 is 0 Å². The van der Waals surface area contributed by atoms with Crippen molar-refractivity contribution in [2.24, 2.45) is 5.92 Å². The van der Waals surface area contributed by atoms with Crippen molar-refractivity contribution in [2.75, 3.05) is 13.1 Å². The first-order valence-corrected chi connectivity index (χ1v) is 7.91. The normalized spacial score (nSPS) is 15.7. The van der Waals surface area contributed by atoms with Crippen LogP contribution in [0.1, 0.15) is 28.8 Å². The molecule has 0 N–H and O–H groups in total. The lowest BCUT2D eigenvalue weighted by Gasteiger charge is -2.32. The van der Waals surface area contributed by atoms with Gasteiger partial charge in [0.25, 0.3) is 5.91 Å². The van der Waals surface area contributed by atoms with Gasteiger partial charge in [0.05, 0.1) is 0 Å². The second-order valence-electron chi connectivity index (χ2n) is 6.08. The van der Waals surface area contributed by atoms with Crippen LogP contribution in [0, 0.1) is 17.6 Å². The first-order valence-electron chi connectivity index (χ1n) is 7.91. The van der Waals surface area contributed by atoms with Crippen molar-refractivity contribution in [3.05, 3.63) is 71.3 Å². The molecule has 2 aromatic rings. The summed E-state index contributed by atoms with van der Waals surface area (Å²) >= 11 is 0. The largest absolute Gasteiger partial charge is 0.339 e. The third-order valence-corrected chi connectivity index (χ3v) is 4.41. The zero-order valence-corrected chi connectivity index (χ0v) is 12.8. The fourth-order valence-electron chi connectivity index (χ4n) is 3.10. The van der Waals surface area contributed by atoms with Gasteiger partial charge in [-0.2, -0.15) is 0 Å². The molecule has 120 valence electrons. The fraction of sp³-hybridized carbons (Fsp3) is 0.316. The maximum absolute atomic E-state index is 13.2. The van der Waals surface area contributed by atoms with Gasteiger partial charge in [-0.05, 0) is 61.1 Å². The molecule has 1 heterocycles. The molecule has 0 bridgehead atoms. The van der Waals surface area contributed by atoms with E-state index in [1.54, 1.807) is 17.0 Å². The van der Waals surface area contributed by atoms with Gasteiger partial charge in [0.15, 0.2) is 0 Å². The number of rotatable bonds is 3. The van der Waals surface area contributed by atoms with Crippen LogP contribution in [0.2, 0.25) is 0 Å². The van der Waals surface area contributed by atoms with Crippen molar-refractivity contribution in [2.45, 2.75) is 19.3 Å². The highest BCUT2D eigenvalue weighted by atomic mass is 19.1. The average Bonchev–Trinajstić information content (AvgIpc) is 2.57. The fourth-order valence-corrected chi connectivity index (χ4v) is 3.10. The van der Waals surface area contributed by atoms with Crippen LogP contribution < -0.4 is 0 Å². The number of hydrogen-bond acceptors (Lipinski definition) is 1. The summed E-state index contributed by atoms with van der Waals surface area (Å²) in [6, 6.07) is 12.4. The monoisotopic (exact) mass is 315 g/mol. The van der Waals surface area contributed by atoms with Gasteiger partial charge in [-0.15, -0.1) is 0 Å². The van der Waals surface area contributed by atoms with E-state index in [-0.39, 0.29) is 17.5 Å². The third kappa shape index (κ3) is 3.95. The maximum atomic E-state index is 13.2. The molecular weight excluding hydrogens is 296 g/mol. The Morgan fingerprint density at radius 1 is 1.00 bits per heavy atom. The number of likely N-dealkylation sites (tertiary alicyclic amines) is 1. The average molecular weight is 315 g/mol. The van der Waals surface area contributed by atoms with Crippen LogP contribution in [0.3, 0.4) is 0 Å². The van der Waals surface area contributed by atoms with Gasteiger partial charge < -0.3 is 4.90 Å². The molecule has 0 spiro atoms. The summed E-state index contributed by atoms with van der Waals surface area (Å²) in [7, 11) is 0. The summed E-state index contributed by atoms with van der Waals surface area (Å²) in [4.78, 5) is 14.2. The minimum Gasteiger partial charge on any atom is -0.339 e. The number of halogens is 2. The zero-order chi connectivity index (χ0) is 16.2. The van der Waals surface area contributed by atoms with Crippen LogP contribution in [0.25, 0.3) is 0 Å². The first kappa shape index (κ1) is 15.7. The highest BCUT2D eigenvalue weighted by Gasteiger charge is 2.23. The van der Waals surface area contributed by atoms with Crippen LogP contribution >= 0.6 is 0 Å². The van der Waals surface area contributed by atoms with Crippen LogP contribution in [0.15, 0.2) is 48.5 Å². The molecule has 2 nitrogen and oxygen atoms in total. The molecule has 1 aliphatic rings. The predicted octanol–water partition coefficient (Wildman–Crippen LogP) is 4.06. The Balaban J connectivity index is 1.55. The number of hydrogen-bond donors (Lipinski definition) is 0. The van der Waals surface area contributed by atoms with Crippen molar-refractivity contribution in [3.8, 4) is 0 Å².